The van der Waals surface area contributed by atoms with E-state index in [0.29, 0.717) is 32.5 Å². The van der Waals surface area contributed by atoms with Crippen LogP contribution in [0.15, 0.2) is 41.3 Å². The van der Waals surface area contributed by atoms with Gasteiger partial charge in [0, 0.05) is 23.0 Å². The molecular formula is C17H11ClN2O3. The van der Waals surface area contributed by atoms with Gasteiger partial charge in [-0.1, -0.05) is 23.7 Å². The summed E-state index contributed by atoms with van der Waals surface area (Å²) >= 11 is 6.31. The molecule has 114 valence electrons. The fourth-order valence-electron chi connectivity index (χ4n) is 3.00. The summed E-state index contributed by atoms with van der Waals surface area (Å²) < 4.78 is 6.63. The van der Waals surface area contributed by atoms with E-state index in [1.807, 2.05) is 6.07 Å². The number of aromatic nitrogens is 2. The van der Waals surface area contributed by atoms with Crippen LogP contribution in [0, 0.1) is 0 Å². The summed E-state index contributed by atoms with van der Waals surface area (Å²) in [6, 6.07) is 8.44. The lowest BCUT2D eigenvalue weighted by Gasteiger charge is -2.05. The number of carbonyl (C=O) groups excluding carboxylic acids is 1. The second-order valence-corrected chi connectivity index (χ2v) is 5.55. The Morgan fingerprint density at radius 1 is 1.26 bits per heavy atom. The summed E-state index contributed by atoms with van der Waals surface area (Å²) in [5.74, 6) is -0.465. The highest BCUT2D eigenvalue weighted by atomic mass is 35.5. The number of hydrogen-bond donors (Lipinski definition) is 0. The number of nitrogens with zero attached hydrogens (tertiary/aromatic N) is 2. The molecule has 0 spiro atoms. The maximum absolute atomic E-state index is 12.4. The van der Waals surface area contributed by atoms with Crippen LogP contribution in [0.25, 0.3) is 27.3 Å². The third kappa shape index (κ3) is 1.83. The van der Waals surface area contributed by atoms with Crippen LogP contribution in [0.2, 0.25) is 5.02 Å². The fourth-order valence-corrected chi connectivity index (χ4v) is 3.26. The first-order valence-corrected chi connectivity index (χ1v) is 7.52. The van der Waals surface area contributed by atoms with E-state index >= 15 is 0 Å². The number of rotatable bonds is 2. The maximum atomic E-state index is 12.4. The molecule has 0 atom stereocenters. The lowest BCUT2D eigenvalue weighted by Crippen LogP contribution is -2.11. The van der Waals surface area contributed by atoms with Crippen molar-refractivity contribution in [3.63, 3.8) is 0 Å². The van der Waals surface area contributed by atoms with Gasteiger partial charge in [-0.2, -0.15) is 0 Å². The van der Waals surface area contributed by atoms with Crippen molar-refractivity contribution in [2.75, 3.05) is 6.61 Å². The standard InChI is InChI=1S/C17H11ClN2O3/c1-2-23-17(22)10-8-19-12-6-7-13(21)20-15-9(14(10)16(12)20)4-3-5-11(15)18/h3-8H,2H2,1H3. The number of benzene rings is 1. The van der Waals surface area contributed by atoms with Crippen LogP contribution >= 0.6 is 11.6 Å². The molecule has 0 aliphatic heterocycles. The van der Waals surface area contributed by atoms with Crippen molar-refractivity contribution in [1.29, 1.82) is 0 Å². The molecule has 0 bridgehead atoms. The van der Waals surface area contributed by atoms with Gasteiger partial charge in [0.05, 0.1) is 33.7 Å². The molecule has 1 aromatic carbocycles. The SMILES string of the molecule is CCOC(=O)c1cnc2ccc(=O)n3c4c(Cl)cccc4c1c23. The number of halogens is 1. The Kier molecular flexibility index (Phi) is 2.99. The van der Waals surface area contributed by atoms with Crippen LogP contribution < -0.4 is 5.56 Å². The largest absolute Gasteiger partial charge is 0.462 e. The Morgan fingerprint density at radius 2 is 2.09 bits per heavy atom. The van der Waals surface area contributed by atoms with Gasteiger partial charge in [-0.05, 0) is 19.1 Å². The molecule has 0 aliphatic carbocycles. The highest BCUT2D eigenvalue weighted by Gasteiger charge is 2.22. The molecule has 0 N–H and O–H groups in total. The van der Waals surface area contributed by atoms with Gasteiger partial charge in [-0.15, -0.1) is 0 Å². The minimum absolute atomic E-state index is 0.214. The van der Waals surface area contributed by atoms with Crippen molar-refractivity contribution in [2.45, 2.75) is 6.92 Å². The summed E-state index contributed by atoms with van der Waals surface area (Å²) in [6.07, 6.45) is 1.49. The first kappa shape index (κ1) is 14.0. The lowest BCUT2D eigenvalue weighted by molar-refractivity contribution is 0.0528. The van der Waals surface area contributed by atoms with Gasteiger partial charge in [0.15, 0.2) is 0 Å². The van der Waals surface area contributed by atoms with Crippen molar-refractivity contribution < 1.29 is 9.53 Å². The molecule has 0 unspecified atom stereocenters. The number of pyridine rings is 2. The summed E-state index contributed by atoms with van der Waals surface area (Å²) in [4.78, 5) is 29.0. The maximum Gasteiger partial charge on any atom is 0.340 e. The van der Waals surface area contributed by atoms with Gasteiger partial charge in [-0.3, -0.25) is 14.2 Å². The Hall–Kier alpha value is -2.66. The molecule has 0 aliphatic rings. The smallest absolute Gasteiger partial charge is 0.340 e. The Bertz CT molecular complexity index is 1130. The first-order chi connectivity index (χ1) is 11.1. The highest BCUT2D eigenvalue weighted by molar-refractivity contribution is 6.37. The normalized spacial score (nSPS) is 11.6. The molecule has 0 radical (unpaired) electrons. The van der Waals surface area contributed by atoms with Crippen LogP contribution in [-0.4, -0.2) is 22.0 Å². The van der Waals surface area contributed by atoms with Crippen molar-refractivity contribution in [2.24, 2.45) is 0 Å². The molecule has 0 saturated carbocycles. The molecule has 0 amide bonds. The highest BCUT2D eigenvalue weighted by Crippen LogP contribution is 2.35. The number of ether oxygens (including phenoxy) is 1. The van der Waals surface area contributed by atoms with E-state index in [-0.39, 0.29) is 12.2 Å². The monoisotopic (exact) mass is 326 g/mol. The molecule has 6 heteroatoms. The van der Waals surface area contributed by atoms with Crippen LogP contribution in [0.5, 0.6) is 0 Å². The van der Waals surface area contributed by atoms with Crippen LogP contribution in [-0.2, 0) is 4.74 Å². The predicted molar refractivity (Wildman–Crippen MR) is 88.6 cm³/mol. The van der Waals surface area contributed by atoms with E-state index in [9.17, 15) is 9.59 Å². The number of esters is 1. The van der Waals surface area contributed by atoms with E-state index in [2.05, 4.69) is 4.98 Å². The van der Waals surface area contributed by atoms with Crippen molar-refractivity contribution in [3.8, 4) is 0 Å². The molecule has 3 heterocycles. The van der Waals surface area contributed by atoms with E-state index < -0.39 is 5.97 Å². The molecule has 5 nitrogen and oxygen atoms in total. The van der Waals surface area contributed by atoms with E-state index in [1.54, 1.807) is 25.1 Å². The van der Waals surface area contributed by atoms with E-state index in [1.165, 1.54) is 16.7 Å². The van der Waals surface area contributed by atoms with Crippen molar-refractivity contribution in [3.05, 3.63) is 57.5 Å². The number of fused-ring (bicyclic) bond motifs is 3. The van der Waals surface area contributed by atoms with Gasteiger partial charge in [0.2, 0.25) is 0 Å². The molecule has 4 rings (SSSR count). The van der Waals surface area contributed by atoms with Crippen molar-refractivity contribution in [1.82, 2.24) is 9.38 Å². The predicted octanol–water partition coefficient (Wildman–Crippen LogP) is 3.27. The summed E-state index contributed by atoms with van der Waals surface area (Å²) in [6.45, 7) is 2.01. The average Bonchev–Trinajstić information content (AvgIpc) is 2.90. The minimum atomic E-state index is -0.465. The molecule has 23 heavy (non-hydrogen) atoms. The van der Waals surface area contributed by atoms with E-state index in [4.69, 9.17) is 16.3 Å². The second kappa shape index (κ2) is 4.93. The topological polar surface area (TPSA) is 60.7 Å². The Balaban J connectivity index is 2.32. The van der Waals surface area contributed by atoms with Crippen LogP contribution in [0.4, 0.5) is 0 Å². The number of hydrogen-bond acceptors (Lipinski definition) is 4. The molecule has 3 aromatic heterocycles. The number of carbonyl (C=O) groups is 1. The molecule has 0 saturated heterocycles. The van der Waals surface area contributed by atoms with E-state index in [0.717, 1.165) is 5.39 Å². The van der Waals surface area contributed by atoms with Crippen LogP contribution in [0.3, 0.4) is 0 Å². The third-order valence-corrected chi connectivity index (χ3v) is 4.19. The van der Waals surface area contributed by atoms with Crippen molar-refractivity contribution >= 4 is 44.9 Å². The fraction of sp³-hybridized carbons (Fsp3) is 0.118. The lowest BCUT2D eigenvalue weighted by atomic mass is 10.1. The van der Waals surface area contributed by atoms with Gasteiger partial charge < -0.3 is 4.74 Å². The zero-order valence-electron chi connectivity index (χ0n) is 12.2. The Labute approximate surface area is 135 Å². The Morgan fingerprint density at radius 3 is 2.87 bits per heavy atom. The van der Waals surface area contributed by atoms with Gasteiger partial charge in [0.25, 0.3) is 5.56 Å². The zero-order chi connectivity index (χ0) is 16.1. The first-order valence-electron chi connectivity index (χ1n) is 7.14. The molecular weight excluding hydrogens is 316 g/mol. The van der Waals surface area contributed by atoms with Gasteiger partial charge in [-0.25, -0.2) is 4.79 Å². The molecule has 0 fully saturated rings. The quantitative estimate of drug-likeness (QED) is 0.530. The number of para-hydroxylation sites is 1. The molecule has 4 aromatic rings. The van der Waals surface area contributed by atoms with Crippen LogP contribution in [0.1, 0.15) is 17.3 Å². The summed E-state index contributed by atoms with van der Waals surface area (Å²) in [7, 11) is 0. The zero-order valence-corrected chi connectivity index (χ0v) is 12.9. The summed E-state index contributed by atoms with van der Waals surface area (Å²) in [5, 5.41) is 1.82. The van der Waals surface area contributed by atoms with Gasteiger partial charge >= 0.3 is 5.97 Å². The minimum Gasteiger partial charge on any atom is -0.462 e. The third-order valence-electron chi connectivity index (χ3n) is 3.88. The average molecular weight is 327 g/mol. The van der Waals surface area contributed by atoms with Gasteiger partial charge in [0.1, 0.15) is 0 Å². The summed E-state index contributed by atoms with van der Waals surface area (Å²) in [5.41, 5.74) is 1.91. The second-order valence-electron chi connectivity index (χ2n) is 5.14.